The van der Waals surface area contributed by atoms with Gasteiger partial charge in [0.2, 0.25) is 0 Å². The molecule has 1 aromatic carbocycles. The van der Waals surface area contributed by atoms with Crippen molar-refractivity contribution in [3.8, 4) is 0 Å². The van der Waals surface area contributed by atoms with Crippen LogP contribution >= 0.6 is 11.8 Å². The minimum atomic E-state index is -2.94. The van der Waals surface area contributed by atoms with Crippen LogP contribution in [-0.2, 0) is 9.84 Å². The summed E-state index contributed by atoms with van der Waals surface area (Å²) in [5.41, 5.74) is 6.94. The van der Waals surface area contributed by atoms with Gasteiger partial charge in [0, 0.05) is 30.3 Å². The van der Waals surface area contributed by atoms with Gasteiger partial charge in [0.15, 0.2) is 0 Å². The number of benzene rings is 1. The predicted octanol–water partition coefficient (Wildman–Crippen LogP) is 1.38. The minimum absolute atomic E-state index is 0.0534. The number of nitrogens with zero attached hydrogens (tertiary/aromatic N) is 1. The van der Waals surface area contributed by atoms with Gasteiger partial charge < -0.3 is 5.73 Å². The zero-order valence-electron chi connectivity index (χ0n) is 11.7. The Balaban J connectivity index is 2.75. The molecule has 2 N–H and O–H groups in total. The third-order valence-electron chi connectivity index (χ3n) is 3.07. The first-order valence-electron chi connectivity index (χ1n) is 6.09. The maximum Gasteiger partial charge on any atom is 0.148 e. The van der Waals surface area contributed by atoms with E-state index in [1.807, 2.05) is 18.2 Å². The fraction of sp³-hybridized carbons (Fsp3) is 0.538. The Morgan fingerprint density at radius 3 is 2.32 bits per heavy atom. The molecule has 1 aromatic rings. The van der Waals surface area contributed by atoms with Crippen molar-refractivity contribution in [3.05, 3.63) is 29.8 Å². The first kappa shape index (κ1) is 16.5. The Hall–Kier alpha value is -0.560. The molecule has 1 rings (SSSR count). The number of nitrogens with two attached hydrogens (primary N) is 1. The van der Waals surface area contributed by atoms with Crippen molar-refractivity contribution in [1.29, 1.82) is 0 Å². The van der Waals surface area contributed by atoms with Crippen molar-refractivity contribution in [2.75, 3.05) is 38.4 Å². The van der Waals surface area contributed by atoms with Crippen molar-refractivity contribution >= 4 is 21.6 Å². The van der Waals surface area contributed by atoms with Gasteiger partial charge in [0.05, 0.1) is 5.75 Å². The molecule has 0 aromatic heterocycles. The molecule has 1 unspecified atom stereocenters. The molecule has 0 fully saturated rings. The highest BCUT2D eigenvalue weighted by molar-refractivity contribution is 7.98. The summed E-state index contributed by atoms with van der Waals surface area (Å²) in [5, 5.41) is 0. The van der Waals surface area contributed by atoms with Crippen molar-refractivity contribution < 1.29 is 8.42 Å². The molecule has 0 aliphatic heterocycles. The third-order valence-corrected chi connectivity index (χ3v) is 4.74. The number of hydrogen-bond acceptors (Lipinski definition) is 5. The normalized spacial score (nSPS) is 13.7. The summed E-state index contributed by atoms with van der Waals surface area (Å²) in [6.07, 6.45) is 3.29. The Morgan fingerprint density at radius 1 is 1.32 bits per heavy atom. The maximum atomic E-state index is 11.2. The summed E-state index contributed by atoms with van der Waals surface area (Å²) >= 11 is 1.69. The Morgan fingerprint density at radius 2 is 1.89 bits per heavy atom. The molecule has 19 heavy (non-hydrogen) atoms. The van der Waals surface area contributed by atoms with E-state index in [2.05, 4.69) is 24.3 Å². The standard InChI is InChI=1S/C13H22N2O2S2/c1-15(8-9-19(3,16)17)13(10-14)11-4-6-12(18-2)7-5-11/h4-7,13H,8-10,14H2,1-3H3. The second kappa shape index (κ2) is 7.28. The van der Waals surface area contributed by atoms with E-state index in [-0.39, 0.29) is 11.8 Å². The molecule has 0 heterocycles. The van der Waals surface area contributed by atoms with E-state index in [0.29, 0.717) is 13.1 Å². The highest BCUT2D eigenvalue weighted by atomic mass is 32.2. The van der Waals surface area contributed by atoms with Gasteiger partial charge in [-0.3, -0.25) is 4.90 Å². The zero-order valence-corrected chi connectivity index (χ0v) is 13.3. The first-order valence-corrected chi connectivity index (χ1v) is 9.38. The number of hydrogen-bond donors (Lipinski definition) is 1. The number of rotatable bonds is 7. The van der Waals surface area contributed by atoms with Crippen LogP contribution in [-0.4, -0.2) is 51.7 Å². The molecule has 0 spiro atoms. The molecule has 1 atom stereocenters. The van der Waals surface area contributed by atoms with Crippen molar-refractivity contribution in [2.24, 2.45) is 5.73 Å². The number of likely N-dealkylation sites (N-methyl/N-ethyl adjacent to an activating group) is 1. The quantitative estimate of drug-likeness (QED) is 0.771. The van der Waals surface area contributed by atoms with Gasteiger partial charge in [-0.15, -0.1) is 11.8 Å². The Bertz CT molecular complexity index is 486. The third kappa shape index (κ3) is 5.52. The van der Waals surface area contributed by atoms with E-state index >= 15 is 0 Å². The van der Waals surface area contributed by atoms with Crippen LogP contribution in [0.25, 0.3) is 0 Å². The van der Waals surface area contributed by atoms with E-state index < -0.39 is 9.84 Å². The monoisotopic (exact) mass is 302 g/mol. The summed E-state index contributed by atoms with van der Waals surface area (Å²) in [6.45, 7) is 0.962. The molecular weight excluding hydrogens is 280 g/mol. The average molecular weight is 302 g/mol. The molecule has 4 nitrogen and oxygen atoms in total. The van der Waals surface area contributed by atoms with E-state index in [1.54, 1.807) is 11.8 Å². The van der Waals surface area contributed by atoms with Gasteiger partial charge in [0.1, 0.15) is 9.84 Å². The molecule has 0 aliphatic rings. The second-order valence-electron chi connectivity index (χ2n) is 4.64. The lowest BCUT2D eigenvalue weighted by Crippen LogP contribution is -2.33. The fourth-order valence-corrected chi connectivity index (χ4v) is 2.89. The molecule has 0 saturated heterocycles. The Labute approximate surface area is 120 Å². The Kier molecular flexibility index (Phi) is 6.32. The van der Waals surface area contributed by atoms with Crippen LogP contribution in [0.15, 0.2) is 29.2 Å². The molecule has 0 radical (unpaired) electrons. The fourth-order valence-electron chi connectivity index (χ4n) is 1.86. The topological polar surface area (TPSA) is 63.4 Å². The molecular formula is C13H22N2O2S2. The summed E-state index contributed by atoms with van der Waals surface area (Å²) in [4.78, 5) is 3.20. The summed E-state index contributed by atoms with van der Waals surface area (Å²) in [6, 6.07) is 8.29. The second-order valence-corrected chi connectivity index (χ2v) is 7.77. The van der Waals surface area contributed by atoms with Crippen LogP contribution in [0, 0.1) is 0 Å². The lowest BCUT2D eigenvalue weighted by atomic mass is 10.1. The predicted molar refractivity (Wildman–Crippen MR) is 82.4 cm³/mol. The van der Waals surface area contributed by atoms with Crippen molar-refractivity contribution in [1.82, 2.24) is 4.90 Å². The largest absolute Gasteiger partial charge is 0.329 e. The lowest BCUT2D eigenvalue weighted by Gasteiger charge is -2.27. The van der Waals surface area contributed by atoms with Gasteiger partial charge in [-0.25, -0.2) is 8.42 Å². The summed E-state index contributed by atoms with van der Waals surface area (Å²) in [5.74, 6) is 0.156. The van der Waals surface area contributed by atoms with E-state index in [9.17, 15) is 8.42 Å². The van der Waals surface area contributed by atoms with Gasteiger partial charge in [-0.05, 0) is 31.0 Å². The van der Waals surface area contributed by atoms with Crippen LogP contribution in [0.4, 0.5) is 0 Å². The smallest absolute Gasteiger partial charge is 0.148 e. The van der Waals surface area contributed by atoms with Gasteiger partial charge in [-0.2, -0.15) is 0 Å². The van der Waals surface area contributed by atoms with Crippen LogP contribution in [0.1, 0.15) is 11.6 Å². The van der Waals surface area contributed by atoms with Crippen LogP contribution in [0.5, 0.6) is 0 Å². The van der Waals surface area contributed by atoms with E-state index in [1.165, 1.54) is 11.2 Å². The van der Waals surface area contributed by atoms with Crippen molar-refractivity contribution in [3.63, 3.8) is 0 Å². The van der Waals surface area contributed by atoms with Crippen LogP contribution in [0.2, 0.25) is 0 Å². The van der Waals surface area contributed by atoms with Crippen LogP contribution < -0.4 is 5.73 Å². The minimum Gasteiger partial charge on any atom is -0.329 e. The number of sulfone groups is 1. The SMILES string of the molecule is CSc1ccc(C(CN)N(C)CCS(C)(=O)=O)cc1. The average Bonchev–Trinajstić information content (AvgIpc) is 2.37. The van der Waals surface area contributed by atoms with Gasteiger partial charge in [0.25, 0.3) is 0 Å². The summed E-state index contributed by atoms with van der Waals surface area (Å²) < 4.78 is 22.4. The highest BCUT2D eigenvalue weighted by Gasteiger charge is 2.16. The zero-order chi connectivity index (χ0) is 14.5. The molecule has 0 amide bonds. The molecule has 108 valence electrons. The molecule has 0 bridgehead atoms. The van der Waals surface area contributed by atoms with E-state index in [0.717, 1.165) is 5.56 Å². The van der Waals surface area contributed by atoms with Gasteiger partial charge in [-0.1, -0.05) is 12.1 Å². The van der Waals surface area contributed by atoms with Crippen LogP contribution in [0.3, 0.4) is 0 Å². The summed E-state index contributed by atoms with van der Waals surface area (Å²) in [7, 11) is -1.03. The molecule has 0 aliphatic carbocycles. The molecule has 6 heteroatoms. The number of thioether (sulfide) groups is 1. The lowest BCUT2D eigenvalue weighted by molar-refractivity contribution is 0.264. The maximum absolute atomic E-state index is 11.2. The van der Waals surface area contributed by atoms with Crippen molar-refractivity contribution in [2.45, 2.75) is 10.9 Å². The van der Waals surface area contributed by atoms with E-state index in [4.69, 9.17) is 5.73 Å². The first-order chi connectivity index (χ1) is 8.87. The molecule has 0 saturated carbocycles. The van der Waals surface area contributed by atoms with Gasteiger partial charge >= 0.3 is 0 Å². The highest BCUT2D eigenvalue weighted by Crippen LogP contribution is 2.22.